The van der Waals surface area contributed by atoms with Crippen LogP contribution < -0.4 is 0 Å². The standard InChI is InChI=1S/C13H14N4O2/c18-13(19)17-6-2-4-11(17)12-15-8-10(16-12)9-3-1-5-14-7-9/h1,3,5,7-8,11H,2,4,6H2,(H,15,16)(H,18,19). The molecule has 98 valence electrons. The number of imidazole rings is 1. The maximum absolute atomic E-state index is 11.1. The molecule has 1 unspecified atom stereocenters. The van der Waals surface area contributed by atoms with Gasteiger partial charge in [-0.05, 0) is 25.0 Å². The summed E-state index contributed by atoms with van der Waals surface area (Å²) in [4.78, 5) is 24.2. The summed E-state index contributed by atoms with van der Waals surface area (Å²) < 4.78 is 0. The molecular formula is C13H14N4O2. The largest absolute Gasteiger partial charge is 0.465 e. The van der Waals surface area contributed by atoms with E-state index in [4.69, 9.17) is 5.11 Å². The third-order valence-electron chi connectivity index (χ3n) is 3.38. The lowest BCUT2D eigenvalue weighted by molar-refractivity contribution is 0.139. The maximum Gasteiger partial charge on any atom is 0.407 e. The summed E-state index contributed by atoms with van der Waals surface area (Å²) in [6, 6.07) is 3.63. The molecule has 0 bridgehead atoms. The Labute approximate surface area is 110 Å². The molecule has 1 atom stereocenters. The highest BCUT2D eigenvalue weighted by atomic mass is 16.4. The zero-order valence-corrected chi connectivity index (χ0v) is 10.3. The number of aromatic nitrogens is 3. The number of rotatable bonds is 2. The van der Waals surface area contributed by atoms with Crippen LogP contribution in [-0.2, 0) is 0 Å². The monoisotopic (exact) mass is 258 g/mol. The summed E-state index contributed by atoms with van der Waals surface area (Å²) in [5.41, 5.74) is 1.81. The number of aromatic amines is 1. The first-order chi connectivity index (χ1) is 9.25. The highest BCUT2D eigenvalue weighted by Crippen LogP contribution is 2.31. The molecule has 2 aromatic rings. The molecular weight excluding hydrogens is 244 g/mol. The lowest BCUT2D eigenvalue weighted by atomic mass is 10.2. The quantitative estimate of drug-likeness (QED) is 0.865. The van der Waals surface area contributed by atoms with E-state index in [2.05, 4.69) is 15.0 Å². The Morgan fingerprint density at radius 3 is 3.11 bits per heavy atom. The fourth-order valence-corrected chi connectivity index (χ4v) is 2.45. The minimum absolute atomic E-state index is 0.164. The number of likely N-dealkylation sites (tertiary alicyclic amines) is 1. The minimum atomic E-state index is -0.887. The van der Waals surface area contributed by atoms with E-state index in [0.717, 1.165) is 24.1 Å². The Hall–Kier alpha value is -2.37. The molecule has 1 aliphatic heterocycles. The molecule has 0 aromatic carbocycles. The SMILES string of the molecule is O=C(O)N1CCCC1c1ncc(-c2cccnc2)[nH]1. The van der Waals surface area contributed by atoms with Crippen LogP contribution >= 0.6 is 0 Å². The third-order valence-corrected chi connectivity index (χ3v) is 3.38. The molecule has 19 heavy (non-hydrogen) atoms. The fourth-order valence-electron chi connectivity index (χ4n) is 2.45. The van der Waals surface area contributed by atoms with Crippen molar-refractivity contribution in [2.45, 2.75) is 18.9 Å². The summed E-state index contributed by atoms with van der Waals surface area (Å²) in [5, 5.41) is 9.14. The van der Waals surface area contributed by atoms with E-state index in [1.807, 2.05) is 12.1 Å². The lowest BCUT2D eigenvalue weighted by Crippen LogP contribution is -2.29. The number of hydrogen-bond acceptors (Lipinski definition) is 3. The van der Waals surface area contributed by atoms with E-state index in [0.29, 0.717) is 12.4 Å². The molecule has 1 saturated heterocycles. The molecule has 0 saturated carbocycles. The molecule has 6 heteroatoms. The van der Waals surface area contributed by atoms with Gasteiger partial charge in [-0.15, -0.1) is 0 Å². The van der Waals surface area contributed by atoms with Gasteiger partial charge in [0.2, 0.25) is 0 Å². The third kappa shape index (κ3) is 2.16. The summed E-state index contributed by atoms with van der Waals surface area (Å²) in [7, 11) is 0. The molecule has 0 aliphatic carbocycles. The highest BCUT2D eigenvalue weighted by Gasteiger charge is 2.31. The van der Waals surface area contributed by atoms with Gasteiger partial charge in [0.05, 0.1) is 17.9 Å². The van der Waals surface area contributed by atoms with E-state index < -0.39 is 6.09 Å². The predicted octanol–water partition coefficient (Wildman–Crippen LogP) is 2.29. The number of nitrogens with one attached hydrogen (secondary N) is 1. The van der Waals surface area contributed by atoms with Gasteiger partial charge in [0, 0.05) is 24.5 Å². The normalized spacial score (nSPS) is 18.7. The Bertz CT molecular complexity index is 581. The zero-order valence-electron chi connectivity index (χ0n) is 10.3. The average Bonchev–Trinajstić information content (AvgIpc) is 3.08. The van der Waals surface area contributed by atoms with Crippen molar-refractivity contribution < 1.29 is 9.90 Å². The smallest absolute Gasteiger partial charge is 0.407 e. The van der Waals surface area contributed by atoms with Crippen LogP contribution in [0.15, 0.2) is 30.7 Å². The summed E-state index contributed by atoms with van der Waals surface area (Å²) in [5.74, 6) is 0.707. The van der Waals surface area contributed by atoms with E-state index in [1.165, 1.54) is 4.90 Å². The molecule has 3 rings (SSSR count). The Kier molecular flexibility index (Phi) is 2.91. The zero-order chi connectivity index (χ0) is 13.2. The summed E-state index contributed by atoms with van der Waals surface area (Å²) >= 11 is 0. The highest BCUT2D eigenvalue weighted by molar-refractivity contribution is 5.66. The Morgan fingerprint density at radius 2 is 2.37 bits per heavy atom. The van der Waals surface area contributed by atoms with Crippen LogP contribution in [0.1, 0.15) is 24.7 Å². The second-order valence-electron chi connectivity index (χ2n) is 4.56. The Morgan fingerprint density at radius 1 is 1.47 bits per heavy atom. The molecule has 1 fully saturated rings. The number of nitrogens with zero attached hydrogens (tertiary/aromatic N) is 3. The second kappa shape index (κ2) is 4.72. The van der Waals surface area contributed by atoms with Crippen molar-refractivity contribution in [1.82, 2.24) is 19.9 Å². The van der Waals surface area contributed by atoms with Gasteiger partial charge < -0.3 is 10.1 Å². The van der Waals surface area contributed by atoms with E-state index in [-0.39, 0.29) is 6.04 Å². The van der Waals surface area contributed by atoms with E-state index in [9.17, 15) is 4.79 Å². The minimum Gasteiger partial charge on any atom is -0.465 e. The number of carbonyl (C=O) groups is 1. The van der Waals surface area contributed by atoms with Crippen molar-refractivity contribution >= 4 is 6.09 Å². The number of hydrogen-bond donors (Lipinski definition) is 2. The molecule has 6 nitrogen and oxygen atoms in total. The van der Waals surface area contributed by atoms with Crippen molar-refractivity contribution in [2.24, 2.45) is 0 Å². The topological polar surface area (TPSA) is 82.1 Å². The van der Waals surface area contributed by atoms with Crippen LogP contribution in [0.2, 0.25) is 0 Å². The number of carboxylic acid groups (broad SMARTS) is 1. The van der Waals surface area contributed by atoms with E-state index >= 15 is 0 Å². The molecule has 0 radical (unpaired) electrons. The molecule has 2 N–H and O–H groups in total. The lowest BCUT2D eigenvalue weighted by Gasteiger charge is -2.19. The van der Waals surface area contributed by atoms with Gasteiger partial charge in [-0.1, -0.05) is 0 Å². The van der Waals surface area contributed by atoms with Crippen LogP contribution in [0.3, 0.4) is 0 Å². The molecule has 2 aromatic heterocycles. The van der Waals surface area contributed by atoms with Crippen molar-refractivity contribution in [3.05, 3.63) is 36.5 Å². The first-order valence-electron chi connectivity index (χ1n) is 6.20. The number of amides is 1. The number of pyridine rings is 1. The van der Waals surface area contributed by atoms with Gasteiger partial charge in [-0.25, -0.2) is 9.78 Å². The maximum atomic E-state index is 11.1. The van der Waals surface area contributed by atoms with E-state index in [1.54, 1.807) is 18.6 Å². The predicted molar refractivity (Wildman–Crippen MR) is 68.5 cm³/mol. The first kappa shape index (κ1) is 11.7. The first-order valence-corrected chi connectivity index (χ1v) is 6.20. The van der Waals surface area contributed by atoms with Gasteiger partial charge in [0.25, 0.3) is 0 Å². The fraction of sp³-hybridized carbons (Fsp3) is 0.308. The van der Waals surface area contributed by atoms with Crippen molar-refractivity contribution in [1.29, 1.82) is 0 Å². The van der Waals surface area contributed by atoms with Crippen LogP contribution in [0.25, 0.3) is 11.3 Å². The number of H-pyrrole nitrogens is 1. The van der Waals surface area contributed by atoms with Crippen molar-refractivity contribution in [2.75, 3.05) is 6.54 Å². The molecule has 1 amide bonds. The molecule has 1 aliphatic rings. The van der Waals surface area contributed by atoms with Gasteiger partial charge in [0.15, 0.2) is 0 Å². The average molecular weight is 258 g/mol. The second-order valence-corrected chi connectivity index (χ2v) is 4.56. The molecule has 0 spiro atoms. The van der Waals surface area contributed by atoms with Gasteiger partial charge in [-0.3, -0.25) is 9.88 Å². The summed E-state index contributed by atoms with van der Waals surface area (Å²) in [6.07, 6.45) is 5.99. The van der Waals surface area contributed by atoms with Crippen molar-refractivity contribution in [3.8, 4) is 11.3 Å². The van der Waals surface area contributed by atoms with Gasteiger partial charge in [-0.2, -0.15) is 0 Å². The van der Waals surface area contributed by atoms with Crippen molar-refractivity contribution in [3.63, 3.8) is 0 Å². The molecule has 3 heterocycles. The van der Waals surface area contributed by atoms with Gasteiger partial charge >= 0.3 is 6.09 Å². The van der Waals surface area contributed by atoms with Crippen LogP contribution in [-0.4, -0.2) is 37.6 Å². The van der Waals surface area contributed by atoms with Crippen LogP contribution in [0.4, 0.5) is 4.79 Å². The van der Waals surface area contributed by atoms with Gasteiger partial charge in [0.1, 0.15) is 5.82 Å². The van der Waals surface area contributed by atoms with Crippen LogP contribution in [0.5, 0.6) is 0 Å². The summed E-state index contributed by atoms with van der Waals surface area (Å²) in [6.45, 7) is 0.572. The van der Waals surface area contributed by atoms with Crippen LogP contribution in [0, 0.1) is 0 Å². The Balaban J connectivity index is 1.87.